The molecule has 0 unspecified atom stereocenters. The molecule has 104 valence electrons. The van der Waals surface area contributed by atoms with E-state index in [0.29, 0.717) is 17.0 Å². The molecule has 0 aliphatic heterocycles. The Bertz CT molecular complexity index is 671. The van der Waals surface area contributed by atoms with Gasteiger partial charge in [-0.1, -0.05) is 11.6 Å². The van der Waals surface area contributed by atoms with Crippen LogP contribution >= 0.6 is 11.6 Å². The van der Waals surface area contributed by atoms with E-state index in [-0.39, 0.29) is 16.5 Å². The minimum atomic E-state index is -1.19. The average Bonchev–Trinajstić information content (AvgIpc) is 2.38. The van der Waals surface area contributed by atoms with Crippen LogP contribution < -0.4 is 4.74 Å². The number of rotatable bonds is 3. The van der Waals surface area contributed by atoms with Gasteiger partial charge in [-0.25, -0.2) is 14.2 Å². The second-order valence-electron chi connectivity index (χ2n) is 4.18. The summed E-state index contributed by atoms with van der Waals surface area (Å²) in [6.07, 6.45) is 0. The largest absolute Gasteiger partial charge is 0.477 e. The number of nitrogens with zero attached hydrogens (tertiary/aromatic N) is 1. The second-order valence-corrected chi connectivity index (χ2v) is 4.56. The van der Waals surface area contributed by atoms with Crippen LogP contribution in [0.5, 0.6) is 11.6 Å². The van der Waals surface area contributed by atoms with Crippen molar-refractivity contribution in [1.82, 2.24) is 4.98 Å². The maximum atomic E-state index is 12.8. The van der Waals surface area contributed by atoms with E-state index in [2.05, 4.69) is 4.98 Å². The number of aromatic nitrogens is 1. The lowest BCUT2D eigenvalue weighted by Crippen LogP contribution is -2.07. The normalized spacial score (nSPS) is 10.4. The molecular weight excluding hydrogens is 285 g/mol. The van der Waals surface area contributed by atoms with Gasteiger partial charge in [0.1, 0.15) is 17.1 Å². The molecule has 0 saturated carbocycles. The van der Waals surface area contributed by atoms with Crippen LogP contribution in [0.4, 0.5) is 4.39 Å². The van der Waals surface area contributed by atoms with Gasteiger partial charge in [0.2, 0.25) is 5.88 Å². The van der Waals surface area contributed by atoms with Crippen LogP contribution in [0.3, 0.4) is 0 Å². The zero-order valence-corrected chi connectivity index (χ0v) is 11.5. The van der Waals surface area contributed by atoms with E-state index >= 15 is 0 Å². The van der Waals surface area contributed by atoms with E-state index in [1.54, 1.807) is 13.8 Å². The third-order valence-electron chi connectivity index (χ3n) is 2.75. The van der Waals surface area contributed by atoms with Crippen molar-refractivity contribution < 1.29 is 19.0 Å². The molecule has 2 rings (SSSR count). The Hall–Kier alpha value is -2.14. The van der Waals surface area contributed by atoms with Crippen LogP contribution in [0.25, 0.3) is 0 Å². The van der Waals surface area contributed by atoms with E-state index in [0.717, 1.165) is 0 Å². The number of carboxylic acids is 1. The highest BCUT2D eigenvalue weighted by atomic mass is 35.5. The fourth-order valence-electron chi connectivity index (χ4n) is 1.74. The average molecular weight is 296 g/mol. The number of halogens is 2. The van der Waals surface area contributed by atoms with Gasteiger partial charge in [-0.3, -0.25) is 0 Å². The lowest BCUT2D eigenvalue weighted by molar-refractivity contribution is 0.0692. The fraction of sp³-hybridized carbons (Fsp3) is 0.143. The first-order chi connectivity index (χ1) is 9.40. The Morgan fingerprint density at radius 2 is 1.90 bits per heavy atom. The van der Waals surface area contributed by atoms with Crippen molar-refractivity contribution in [2.45, 2.75) is 13.8 Å². The number of carbonyl (C=O) groups is 1. The summed E-state index contributed by atoms with van der Waals surface area (Å²) in [6, 6.07) is 5.21. The number of ether oxygens (including phenoxy) is 1. The Labute approximate surface area is 119 Å². The topological polar surface area (TPSA) is 59.4 Å². The number of benzene rings is 1. The van der Waals surface area contributed by atoms with E-state index in [1.807, 2.05) is 0 Å². The summed E-state index contributed by atoms with van der Waals surface area (Å²) in [5, 5.41) is 9.53. The molecule has 0 radical (unpaired) electrons. The minimum absolute atomic E-state index is 0.0662. The summed E-state index contributed by atoms with van der Waals surface area (Å²) in [4.78, 5) is 15.4. The highest BCUT2D eigenvalue weighted by molar-refractivity contribution is 6.32. The van der Waals surface area contributed by atoms with Crippen molar-refractivity contribution in [1.29, 1.82) is 0 Å². The molecule has 20 heavy (non-hydrogen) atoms. The molecule has 1 aromatic carbocycles. The molecule has 2 aromatic rings. The smallest absolute Gasteiger partial charge is 0.341 e. The first-order valence-corrected chi connectivity index (χ1v) is 6.11. The van der Waals surface area contributed by atoms with Crippen LogP contribution in [-0.2, 0) is 0 Å². The van der Waals surface area contributed by atoms with Gasteiger partial charge in [-0.05, 0) is 43.7 Å². The van der Waals surface area contributed by atoms with Gasteiger partial charge < -0.3 is 9.84 Å². The quantitative estimate of drug-likeness (QED) is 0.930. The van der Waals surface area contributed by atoms with Crippen molar-refractivity contribution in [3.63, 3.8) is 0 Å². The molecule has 0 bridgehead atoms. The highest BCUT2D eigenvalue weighted by Gasteiger charge is 2.21. The minimum Gasteiger partial charge on any atom is -0.477 e. The molecule has 0 aliphatic rings. The maximum absolute atomic E-state index is 12.8. The van der Waals surface area contributed by atoms with Crippen molar-refractivity contribution in [3.05, 3.63) is 51.9 Å². The van der Waals surface area contributed by atoms with Gasteiger partial charge >= 0.3 is 5.97 Å². The SMILES string of the molecule is Cc1nc(Oc2ccc(F)cc2)c(C(=O)O)c(C)c1Cl. The molecule has 4 nitrogen and oxygen atoms in total. The highest BCUT2D eigenvalue weighted by Crippen LogP contribution is 2.31. The lowest BCUT2D eigenvalue weighted by atomic mass is 10.1. The Balaban J connectivity index is 2.50. The van der Waals surface area contributed by atoms with Gasteiger partial charge in [0.15, 0.2) is 0 Å². The van der Waals surface area contributed by atoms with E-state index in [9.17, 15) is 14.3 Å². The fourth-order valence-corrected chi connectivity index (χ4v) is 1.88. The number of aromatic carboxylic acids is 1. The number of pyridine rings is 1. The van der Waals surface area contributed by atoms with Crippen LogP contribution in [0, 0.1) is 19.7 Å². The van der Waals surface area contributed by atoms with E-state index in [4.69, 9.17) is 16.3 Å². The van der Waals surface area contributed by atoms with Crippen molar-refractivity contribution in [2.75, 3.05) is 0 Å². The predicted molar refractivity (Wildman–Crippen MR) is 72.2 cm³/mol. The van der Waals surface area contributed by atoms with Gasteiger partial charge in [0, 0.05) is 0 Å². The van der Waals surface area contributed by atoms with Gasteiger partial charge in [0.25, 0.3) is 0 Å². The molecular formula is C14H11ClFNO3. The third kappa shape index (κ3) is 2.72. The first-order valence-electron chi connectivity index (χ1n) is 5.73. The zero-order valence-electron chi connectivity index (χ0n) is 10.8. The second kappa shape index (κ2) is 5.46. The number of hydrogen-bond donors (Lipinski definition) is 1. The summed E-state index contributed by atoms with van der Waals surface area (Å²) < 4.78 is 18.3. The summed E-state index contributed by atoms with van der Waals surface area (Å²) in [6.45, 7) is 3.23. The molecule has 0 spiro atoms. The maximum Gasteiger partial charge on any atom is 0.341 e. The van der Waals surface area contributed by atoms with Crippen LogP contribution in [0.15, 0.2) is 24.3 Å². The molecule has 0 fully saturated rings. The van der Waals surface area contributed by atoms with Crippen molar-refractivity contribution in [3.8, 4) is 11.6 Å². The predicted octanol–water partition coefficient (Wildman–Crippen LogP) is 3.98. The van der Waals surface area contributed by atoms with Gasteiger partial charge in [0.05, 0.1) is 10.7 Å². The summed E-state index contributed by atoms with van der Waals surface area (Å²) in [5.41, 5.74) is 0.736. The first kappa shape index (κ1) is 14.3. The number of hydrogen-bond acceptors (Lipinski definition) is 3. The summed E-state index contributed by atoms with van der Waals surface area (Å²) >= 11 is 5.99. The summed E-state index contributed by atoms with van der Waals surface area (Å²) in [5.74, 6) is -1.37. The number of aryl methyl sites for hydroxylation is 1. The third-order valence-corrected chi connectivity index (χ3v) is 3.30. The van der Waals surface area contributed by atoms with Gasteiger partial charge in [-0.2, -0.15) is 0 Å². The molecule has 1 N–H and O–H groups in total. The van der Waals surface area contributed by atoms with E-state index < -0.39 is 11.8 Å². The lowest BCUT2D eigenvalue weighted by Gasteiger charge is -2.12. The molecule has 6 heteroatoms. The van der Waals surface area contributed by atoms with E-state index in [1.165, 1.54) is 24.3 Å². The zero-order chi connectivity index (χ0) is 14.9. The molecule has 0 amide bonds. The molecule has 0 aliphatic carbocycles. The summed E-state index contributed by atoms with van der Waals surface area (Å²) in [7, 11) is 0. The van der Waals surface area contributed by atoms with Gasteiger partial charge in [-0.15, -0.1) is 0 Å². The monoisotopic (exact) mass is 295 g/mol. The molecule has 1 heterocycles. The molecule has 1 aromatic heterocycles. The van der Waals surface area contributed by atoms with Crippen molar-refractivity contribution in [2.24, 2.45) is 0 Å². The number of carboxylic acid groups (broad SMARTS) is 1. The van der Waals surface area contributed by atoms with Crippen LogP contribution in [0.2, 0.25) is 5.02 Å². The molecule has 0 atom stereocenters. The van der Waals surface area contributed by atoms with Crippen LogP contribution in [0.1, 0.15) is 21.6 Å². The van der Waals surface area contributed by atoms with Crippen LogP contribution in [-0.4, -0.2) is 16.1 Å². The standard InChI is InChI=1S/C14H11ClFNO3/c1-7-11(14(18)19)13(17-8(2)12(7)15)20-10-5-3-9(16)4-6-10/h3-6H,1-2H3,(H,18,19). The Morgan fingerprint density at radius 3 is 2.45 bits per heavy atom. The molecule has 0 saturated heterocycles. The Kier molecular flexibility index (Phi) is 3.90. The Morgan fingerprint density at radius 1 is 1.30 bits per heavy atom. The van der Waals surface area contributed by atoms with Crippen molar-refractivity contribution >= 4 is 17.6 Å².